The number of hydrogen-bond donors (Lipinski definition) is 1. The lowest BCUT2D eigenvalue weighted by molar-refractivity contribution is 0.0951. The second-order valence-electron chi connectivity index (χ2n) is 5.30. The Bertz CT molecular complexity index is 871. The zero-order chi connectivity index (χ0) is 15.1. The highest BCUT2D eigenvalue weighted by Crippen LogP contribution is 2.29. The molecule has 1 amide bonds. The van der Waals surface area contributed by atoms with Gasteiger partial charge in [-0.2, -0.15) is 0 Å². The molecule has 22 heavy (non-hydrogen) atoms. The first-order valence-corrected chi connectivity index (χ1v) is 7.40. The summed E-state index contributed by atoms with van der Waals surface area (Å²) in [5, 5.41) is 3.43. The van der Waals surface area contributed by atoms with Gasteiger partial charge in [-0.1, -0.05) is 11.6 Å². The first-order valence-electron chi connectivity index (χ1n) is 7.02. The highest BCUT2D eigenvalue weighted by atomic mass is 35.5. The number of hydrogen-bond acceptors (Lipinski definition) is 4. The van der Waals surface area contributed by atoms with Crippen LogP contribution in [0.3, 0.4) is 0 Å². The normalized spacial score (nSPS) is 14.2. The number of carbonyl (C=O) groups is 1. The molecular weight excluding hydrogens is 302 g/mol. The molecule has 3 aromatic rings. The number of halogens is 1. The van der Waals surface area contributed by atoms with Gasteiger partial charge in [0.2, 0.25) is 5.89 Å². The number of amides is 1. The van der Waals surface area contributed by atoms with Gasteiger partial charge in [-0.25, -0.2) is 4.98 Å². The smallest absolute Gasteiger partial charge is 0.251 e. The van der Waals surface area contributed by atoms with Crippen molar-refractivity contribution in [3.8, 4) is 11.5 Å². The van der Waals surface area contributed by atoms with Crippen LogP contribution in [0.5, 0.6) is 0 Å². The van der Waals surface area contributed by atoms with Crippen molar-refractivity contribution in [1.82, 2.24) is 15.3 Å². The number of rotatable bonds is 3. The van der Waals surface area contributed by atoms with Crippen LogP contribution in [0.1, 0.15) is 23.2 Å². The highest BCUT2D eigenvalue weighted by Gasteiger charge is 2.24. The van der Waals surface area contributed by atoms with Crippen molar-refractivity contribution in [2.24, 2.45) is 0 Å². The summed E-state index contributed by atoms with van der Waals surface area (Å²) < 4.78 is 5.71. The van der Waals surface area contributed by atoms with Gasteiger partial charge in [-0.05, 0) is 37.1 Å². The van der Waals surface area contributed by atoms with Crippen molar-refractivity contribution in [2.45, 2.75) is 18.9 Å². The number of carbonyl (C=O) groups excluding carboxylic acids is 1. The highest BCUT2D eigenvalue weighted by molar-refractivity contribution is 6.33. The Balaban J connectivity index is 1.71. The van der Waals surface area contributed by atoms with Crippen molar-refractivity contribution in [1.29, 1.82) is 0 Å². The molecule has 2 heterocycles. The summed E-state index contributed by atoms with van der Waals surface area (Å²) in [5.74, 6) is 0.345. The van der Waals surface area contributed by atoms with Crippen LogP contribution in [-0.2, 0) is 0 Å². The van der Waals surface area contributed by atoms with Gasteiger partial charge in [0.1, 0.15) is 5.52 Å². The van der Waals surface area contributed by atoms with Gasteiger partial charge < -0.3 is 9.73 Å². The fourth-order valence-electron chi connectivity index (χ4n) is 2.23. The summed E-state index contributed by atoms with van der Waals surface area (Å²) in [4.78, 5) is 20.4. The van der Waals surface area contributed by atoms with E-state index in [1.54, 1.807) is 36.7 Å². The third kappa shape index (κ3) is 2.44. The number of fused-ring (bicyclic) bond motifs is 1. The van der Waals surface area contributed by atoms with Crippen LogP contribution in [0, 0.1) is 0 Å². The molecule has 0 unspecified atom stereocenters. The largest absolute Gasteiger partial charge is 0.436 e. The van der Waals surface area contributed by atoms with Gasteiger partial charge in [-0.3, -0.25) is 9.78 Å². The molecule has 1 saturated carbocycles. The zero-order valence-electron chi connectivity index (χ0n) is 11.5. The fraction of sp³-hybridized carbons (Fsp3) is 0.188. The molecule has 5 nitrogen and oxygen atoms in total. The molecule has 1 N–H and O–H groups in total. The average Bonchev–Trinajstić information content (AvgIpc) is 3.23. The van der Waals surface area contributed by atoms with Gasteiger partial charge in [0.05, 0.1) is 10.6 Å². The summed E-state index contributed by atoms with van der Waals surface area (Å²) in [6.07, 6.45) is 5.29. The van der Waals surface area contributed by atoms with Gasteiger partial charge >= 0.3 is 0 Å². The summed E-state index contributed by atoms with van der Waals surface area (Å²) in [7, 11) is 0. The van der Waals surface area contributed by atoms with E-state index in [2.05, 4.69) is 15.3 Å². The number of pyridine rings is 1. The SMILES string of the molecule is O=C(NC1CC1)c1ccc2oc(-c3ccncc3Cl)nc2c1. The lowest BCUT2D eigenvalue weighted by Crippen LogP contribution is -2.25. The van der Waals surface area contributed by atoms with E-state index in [0.29, 0.717) is 39.2 Å². The zero-order valence-corrected chi connectivity index (χ0v) is 12.3. The average molecular weight is 314 g/mol. The number of benzene rings is 1. The van der Waals surface area contributed by atoms with Crippen molar-refractivity contribution < 1.29 is 9.21 Å². The molecule has 1 aliphatic carbocycles. The molecule has 4 rings (SSSR count). The van der Waals surface area contributed by atoms with Crippen LogP contribution in [0.15, 0.2) is 41.1 Å². The van der Waals surface area contributed by atoms with Gasteiger partial charge in [0.15, 0.2) is 5.58 Å². The van der Waals surface area contributed by atoms with Crippen LogP contribution in [-0.4, -0.2) is 21.9 Å². The first-order chi connectivity index (χ1) is 10.7. The minimum Gasteiger partial charge on any atom is -0.436 e. The van der Waals surface area contributed by atoms with Gasteiger partial charge in [0.25, 0.3) is 5.91 Å². The predicted octanol–water partition coefficient (Wildman–Crippen LogP) is 3.44. The Labute approximate surface area is 131 Å². The summed E-state index contributed by atoms with van der Waals surface area (Å²) in [6, 6.07) is 7.29. The Morgan fingerprint density at radius 1 is 1.32 bits per heavy atom. The lowest BCUT2D eigenvalue weighted by Gasteiger charge is -2.01. The van der Waals surface area contributed by atoms with E-state index in [1.165, 1.54) is 0 Å². The third-order valence-corrected chi connectivity index (χ3v) is 3.87. The van der Waals surface area contributed by atoms with Crippen LogP contribution in [0.25, 0.3) is 22.6 Å². The third-order valence-electron chi connectivity index (χ3n) is 3.57. The second kappa shape index (κ2) is 5.10. The molecule has 0 atom stereocenters. The molecule has 0 saturated heterocycles. The van der Waals surface area contributed by atoms with Crippen LogP contribution < -0.4 is 5.32 Å². The van der Waals surface area contributed by atoms with Crippen molar-refractivity contribution in [3.05, 3.63) is 47.2 Å². The quantitative estimate of drug-likeness (QED) is 0.804. The Kier molecular flexibility index (Phi) is 3.08. The van der Waals surface area contributed by atoms with E-state index < -0.39 is 0 Å². The van der Waals surface area contributed by atoms with Crippen molar-refractivity contribution >= 4 is 28.6 Å². The molecule has 1 aromatic carbocycles. The van der Waals surface area contributed by atoms with Gasteiger partial charge in [0, 0.05) is 24.0 Å². The minimum absolute atomic E-state index is 0.0732. The molecule has 0 aliphatic heterocycles. The molecule has 0 bridgehead atoms. The number of aromatic nitrogens is 2. The molecular formula is C16H12ClN3O2. The van der Waals surface area contributed by atoms with E-state index in [9.17, 15) is 4.79 Å². The maximum atomic E-state index is 12.1. The number of oxazole rings is 1. The molecule has 1 fully saturated rings. The first kappa shape index (κ1) is 13.3. The van der Waals surface area contributed by atoms with E-state index in [4.69, 9.17) is 16.0 Å². The predicted molar refractivity (Wildman–Crippen MR) is 82.7 cm³/mol. The molecule has 1 aliphatic rings. The molecule has 110 valence electrons. The van der Waals surface area contributed by atoms with Crippen molar-refractivity contribution in [2.75, 3.05) is 0 Å². The van der Waals surface area contributed by atoms with Crippen LogP contribution >= 0.6 is 11.6 Å². The second-order valence-corrected chi connectivity index (χ2v) is 5.71. The summed E-state index contributed by atoms with van der Waals surface area (Å²) in [6.45, 7) is 0. The monoisotopic (exact) mass is 313 g/mol. The topological polar surface area (TPSA) is 68.0 Å². The van der Waals surface area contributed by atoms with E-state index in [0.717, 1.165) is 12.8 Å². The molecule has 2 aromatic heterocycles. The molecule has 0 radical (unpaired) electrons. The molecule has 6 heteroatoms. The Hall–Kier alpha value is -2.40. The maximum Gasteiger partial charge on any atom is 0.251 e. The minimum atomic E-state index is -0.0732. The van der Waals surface area contributed by atoms with E-state index in [1.807, 2.05) is 0 Å². The summed E-state index contributed by atoms with van der Waals surface area (Å²) in [5.41, 5.74) is 2.51. The summed E-state index contributed by atoms with van der Waals surface area (Å²) >= 11 is 6.11. The van der Waals surface area contributed by atoms with E-state index >= 15 is 0 Å². The Morgan fingerprint density at radius 3 is 2.95 bits per heavy atom. The van der Waals surface area contributed by atoms with E-state index in [-0.39, 0.29) is 5.91 Å². The van der Waals surface area contributed by atoms with Gasteiger partial charge in [-0.15, -0.1) is 0 Å². The lowest BCUT2D eigenvalue weighted by atomic mass is 10.2. The standard InChI is InChI=1S/C16H12ClN3O2/c17-12-8-18-6-5-11(12)16-20-13-7-9(1-4-14(13)22-16)15(21)19-10-2-3-10/h1,4-8,10H,2-3H2,(H,19,21). The van der Waals surface area contributed by atoms with Crippen molar-refractivity contribution in [3.63, 3.8) is 0 Å². The van der Waals surface area contributed by atoms with Crippen LogP contribution in [0.4, 0.5) is 0 Å². The Morgan fingerprint density at radius 2 is 2.18 bits per heavy atom. The number of nitrogens with one attached hydrogen (secondary N) is 1. The van der Waals surface area contributed by atoms with Crippen LogP contribution in [0.2, 0.25) is 5.02 Å². The maximum absolute atomic E-state index is 12.1. The molecule has 0 spiro atoms. The number of nitrogens with zero attached hydrogens (tertiary/aromatic N) is 2. The fourth-order valence-corrected chi connectivity index (χ4v) is 2.43.